The second-order valence-electron chi connectivity index (χ2n) is 3.29. The van der Waals surface area contributed by atoms with E-state index in [1.807, 2.05) is 6.92 Å². The van der Waals surface area contributed by atoms with Crippen LogP contribution in [0.25, 0.3) is 0 Å². The number of urea groups is 1. The summed E-state index contributed by atoms with van der Waals surface area (Å²) in [5.74, 6) is -1.37. The molecule has 1 atom stereocenters. The average molecular weight is 231 g/mol. The van der Waals surface area contributed by atoms with Gasteiger partial charge < -0.3 is 20.6 Å². The number of nitrogens with one attached hydrogen (secondary N) is 2. The van der Waals surface area contributed by atoms with Gasteiger partial charge >= 0.3 is 12.0 Å². The largest absolute Gasteiger partial charge is 0.480 e. The van der Waals surface area contributed by atoms with Crippen LogP contribution in [0.1, 0.15) is 13.8 Å². The van der Waals surface area contributed by atoms with E-state index in [4.69, 9.17) is 5.11 Å². The van der Waals surface area contributed by atoms with E-state index in [-0.39, 0.29) is 5.91 Å². The lowest BCUT2D eigenvalue weighted by Gasteiger charge is -2.20. The molecule has 0 spiro atoms. The highest BCUT2D eigenvalue weighted by molar-refractivity contribution is 5.87. The highest BCUT2D eigenvalue weighted by Crippen LogP contribution is 1.91. The van der Waals surface area contributed by atoms with Gasteiger partial charge in [-0.15, -0.1) is 0 Å². The normalized spacial score (nSPS) is 11.4. The standard InChI is InChI=1S/C9H17N3O4/c1-4-12(3)8(15)6(2)11-9(16)10-5-7(13)14/h6H,4-5H2,1-3H3,(H,13,14)(H2,10,11,16). The molecule has 0 aliphatic carbocycles. The summed E-state index contributed by atoms with van der Waals surface area (Å²) in [5, 5.41) is 12.8. The molecule has 92 valence electrons. The van der Waals surface area contributed by atoms with Gasteiger partial charge in [0.15, 0.2) is 0 Å². The molecule has 0 aromatic heterocycles. The van der Waals surface area contributed by atoms with Crippen LogP contribution < -0.4 is 10.6 Å². The highest BCUT2D eigenvalue weighted by Gasteiger charge is 2.18. The van der Waals surface area contributed by atoms with E-state index in [0.717, 1.165) is 0 Å². The SMILES string of the molecule is CCN(C)C(=O)C(C)NC(=O)NCC(=O)O. The van der Waals surface area contributed by atoms with Crippen LogP contribution in [0.5, 0.6) is 0 Å². The molecule has 7 nitrogen and oxygen atoms in total. The van der Waals surface area contributed by atoms with E-state index in [1.165, 1.54) is 11.8 Å². The third kappa shape index (κ3) is 5.18. The fourth-order valence-electron chi connectivity index (χ4n) is 0.952. The van der Waals surface area contributed by atoms with Crippen LogP contribution in [0.15, 0.2) is 0 Å². The minimum Gasteiger partial charge on any atom is -0.480 e. The van der Waals surface area contributed by atoms with E-state index < -0.39 is 24.6 Å². The van der Waals surface area contributed by atoms with Crippen LogP contribution in [0.4, 0.5) is 4.79 Å². The molecule has 0 radical (unpaired) electrons. The maximum absolute atomic E-state index is 11.5. The number of likely N-dealkylation sites (N-methyl/N-ethyl adjacent to an activating group) is 1. The maximum Gasteiger partial charge on any atom is 0.323 e. The Morgan fingerprint density at radius 2 is 1.94 bits per heavy atom. The van der Waals surface area contributed by atoms with Crippen LogP contribution in [-0.2, 0) is 9.59 Å². The number of hydrogen-bond donors (Lipinski definition) is 3. The van der Waals surface area contributed by atoms with Gasteiger partial charge in [0.1, 0.15) is 12.6 Å². The number of rotatable bonds is 5. The summed E-state index contributed by atoms with van der Waals surface area (Å²) >= 11 is 0. The van der Waals surface area contributed by atoms with Gasteiger partial charge in [0.25, 0.3) is 0 Å². The highest BCUT2D eigenvalue weighted by atomic mass is 16.4. The lowest BCUT2D eigenvalue weighted by molar-refractivity contribution is -0.135. The van der Waals surface area contributed by atoms with Gasteiger partial charge in [0, 0.05) is 13.6 Å². The van der Waals surface area contributed by atoms with Gasteiger partial charge in [-0.1, -0.05) is 0 Å². The van der Waals surface area contributed by atoms with Crippen molar-refractivity contribution in [3.8, 4) is 0 Å². The van der Waals surface area contributed by atoms with Crippen molar-refractivity contribution in [2.75, 3.05) is 20.1 Å². The van der Waals surface area contributed by atoms with Crippen molar-refractivity contribution in [2.24, 2.45) is 0 Å². The Balaban J connectivity index is 4.04. The van der Waals surface area contributed by atoms with Crippen LogP contribution in [0.2, 0.25) is 0 Å². The Morgan fingerprint density at radius 1 is 1.38 bits per heavy atom. The Labute approximate surface area is 93.8 Å². The van der Waals surface area contributed by atoms with Crippen molar-refractivity contribution < 1.29 is 19.5 Å². The number of carbonyl (C=O) groups is 3. The number of hydrogen-bond acceptors (Lipinski definition) is 3. The molecule has 1 unspecified atom stereocenters. The molecule has 0 bridgehead atoms. The first-order valence-corrected chi connectivity index (χ1v) is 4.89. The van der Waals surface area contributed by atoms with Gasteiger partial charge in [-0.2, -0.15) is 0 Å². The van der Waals surface area contributed by atoms with Gasteiger partial charge in [-0.3, -0.25) is 9.59 Å². The Bertz CT molecular complexity index is 280. The van der Waals surface area contributed by atoms with E-state index in [2.05, 4.69) is 10.6 Å². The fourth-order valence-corrected chi connectivity index (χ4v) is 0.952. The lowest BCUT2D eigenvalue weighted by atomic mass is 10.3. The zero-order valence-electron chi connectivity index (χ0n) is 9.61. The summed E-state index contributed by atoms with van der Waals surface area (Å²) in [6.07, 6.45) is 0. The van der Waals surface area contributed by atoms with Crippen molar-refractivity contribution in [3.05, 3.63) is 0 Å². The molecular formula is C9H17N3O4. The van der Waals surface area contributed by atoms with Crippen LogP contribution in [0.3, 0.4) is 0 Å². The Morgan fingerprint density at radius 3 is 2.38 bits per heavy atom. The third-order valence-electron chi connectivity index (χ3n) is 1.97. The predicted molar refractivity (Wildman–Crippen MR) is 56.9 cm³/mol. The summed E-state index contributed by atoms with van der Waals surface area (Å²) in [7, 11) is 1.62. The second-order valence-corrected chi connectivity index (χ2v) is 3.29. The minimum absolute atomic E-state index is 0.229. The first-order chi connectivity index (χ1) is 7.38. The molecule has 0 aromatic rings. The maximum atomic E-state index is 11.5. The Hall–Kier alpha value is -1.79. The number of aliphatic carboxylic acids is 1. The van der Waals surface area contributed by atoms with Crippen molar-refractivity contribution in [1.29, 1.82) is 0 Å². The molecule has 3 amide bonds. The number of amides is 3. The Kier molecular flexibility index (Phi) is 5.91. The quantitative estimate of drug-likeness (QED) is 0.579. The molecule has 3 N–H and O–H groups in total. The summed E-state index contributed by atoms with van der Waals surface area (Å²) in [5.41, 5.74) is 0. The van der Waals surface area contributed by atoms with Crippen LogP contribution in [-0.4, -0.2) is 54.1 Å². The smallest absolute Gasteiger partial charge is 0.323 e. The van der Waals surface area contributed by atoms with Crippen LogP contribution in [0, 0.1) is 0 Å². The first kappa shape index (κ1) is 14.2. The molecule has 7 heteroatoms. The second kappa shape index (κ2) is 6.65. The first-order valence-electron chi connectivity index (χ1n) is 4.89. The summed E-state index contributed by atoms with van der Waals surface area (Å²) in [6, 6.07) is -1.36. The zero-order chi connectivity index (χ0) is 12.7. The molecule has 0 aliphatic rings. The topological polar surface area (TPSA) is 98.7 Å². The number of carboxylic acids is 1. The molecule has 0 fully saturated rings. The van der Waals surface area contributed by atoms with E-state index in [1.54, 1.807) is 7.05 Å². The molecule has 0 saturated heterocycles. The molecular weight excluding hydrogens is 214 g/mol. The molecule has 0 rings (SSSR count). The van der Waals surface area contributed by atoms with Crippen molar-refractivity contribution in [1.82, 2.24) is 15.5 Å². The van der Waals surface area contributed by atoms with Gasteiger partial charge in [0.2, 0.25) is 5.91 Å². The number of carbonyl (C=O) groups excluding carboxylic acids is 2. The monoisotopic (exact) mass is 231 g/mol. The van der Waals surface area contributed by atoms with Gasteiger partial charge in [0.05, 0.1) is 0 Å². The zero-order valence-corrected chi connectivity index (χ0v) is 9.61. The van der Waals surface area contributed by atoms with Crippen molar-refractivity contribution in [2.45, 2.75) is 19.9 Å². The van der Waals surface area contributed by atoms with E-state index in [9.17, 15) is 14.4 Å². The molecule has 0 aromatic carbocycles. The average Bonchev–Trinajstić information content (AvgIpc) is 2.24. The summed E-state index contributed by atoms with van der Waals surface area (Å²) < 4.78 is 0. The molecule has 0 aliphatic heterocycles. The minimum atomic E-state index is -1.14. The van der Waals surface area contributed by atoms with Gasteiger partial charge in [-0.25, -0.2) is 4.79 Å². The molecule has 0 saturated carbocycles. The number of carboxylic acid groups (broad SMARTS) is 1. The third-order valence-corrected chi connectivity index (χ3v) is 1.97. The lowest BCUT2D eigenvalue weighted by Crippen LogP contribution is -2.49. The summed E-state index contributed by atoms with van der Waals surface area (Å²) in [6.45, 7) is 3.42. The fraction of sp³-hybridized carbons (Fsp3) is 0.667. The molecule has 16 heavy (non-hydrogen) atoms. The predicted octanol–water partition coefficient (Wildman–Crippen LogP) is -0.763. The van der Waals surface area contributed by atoms with Crippen molar-refractivity contribution in [3.63, 3.8) is 0 Å². The van der Waals surface area contributed by atoms with E-state index in [0.29, 0.717) is 6.54 Å². The number of nitrogens with zero attached hydrogens (tertiary/aromatic N) is 1. The van der Waals surface area contributed by atoms with Crippen molar-refractivity contribution >= 4 is 17.9 Å². The van der Waals surface area contributed by atoms with Gasteiger partial charge in [-0.05, 0) is 13.8 Å². The molecule has 0 heterocycles. The summed E-state index contributed by atoms with van der Waals surface area (Å²) in [4.78, 5) is 34.3. The van der Waals surface area contributed by atoms with E-state index >= 15 is 0 Å². The van der Waals surface area contributed by atoms with Crippen LogP contribution >= 0.6 is 0 Å².